The van der Waals surface area contributed by atoms with Crippen LogP contribution in [-0.4, -0.2) is 17.0 Å². The Kier molecular flexibility index (Phi) is 5.33. The number of hydrogen-bond acceptors (Lipinski definition) is 4. The van der Waals surface area contributed by atoms with Crippen LogP contribution in [0.3, 0.4) is 0 Å². The second kappa shape index (κ2) is 7.90. The van der Waals surface area contributed by atoms with Crippen molar-refractivity contribution < 1.29 is 0 Å². The lowest BCUT2D eigenvalue weighted by molar-refractivity contribution is 0.901. The normalized spacial score (nSPS) is 11.1. The Hall–Kier alpha value is -2.43. The molecule has 0 aliphatic heterocycles. The van der Waals surface area contributed by atoms with Crippen molar-refractivity contribution in [3.63, 3.8) is 0 Å². The van der Waals surface area contributed by atoms with E-state index in [4.69, 9.17) is 11.6 Å². The van der Waals surface area contributed by atoms with E-state index in [1.165, 1.54) is 27.1 Å². The van der Waals surface area contributed by atoms with Crippen LogP contribution in [-0.2, 0) is 13.0 Å². The molecule has 3 nitrogen and oxygen atoms in total. The average Bonchev–Trinajstić information content (AvgIpc) is 3.03. The third-order valence-corrected chi connectivity index (χ3v) is 6.12. The molecule has 0 aliphatic rings. The Balaban J connectivity index is 1.85. The van der Waals surface area contributed by atoms with Crippen molar-refractivity contribution in [3.8, 4) is 11.1 Å². The predicted molar refractivity (Wildman–Crippen MR) is 121 cm³/mol. The van der Waals surface area contributed by atoms with Crippen LogP contribution in [0, 0.1) is 6.92 Å². The molecular formula is C23H22ClN3S. The van der Waals surface area contributed by atoms with Crippen LogP contribution in [0.15, 0.2) is 54.6 Å². The fraction of sp³-hybridized carbons (Fsp3) is 0.217. The molecule has 0 unspecified atom stereocenters. The first kappa shape index (κ1) is 18.9. The highest BCUT2D eigenvalue weighted by atomic mass is 35.5. The molecule has 0 spiro atoms. The zero-order valence-corrected chi connectivity index (χ0v) is 17.8. The Morgan fingerprint density at radius 3 is 2.36 bits per heavy atom. The maximum absolute atomic E-state index is 6.28. The van der Waals surface area contributed by atoms with Crippen LogP contribution in [0.1, 0.15) is 22.9 Å². The molecule has 0 fully saturated rings. The number of nitrogens with zero attached hydrogens (tertiary/aromatic N) is 3. The fourth-order valence-electron chi connectivity index (χ4n) is 3.53. The number of fused-ring (bicyclic) bond motifs is 1. The summed E-state index contributed by atoms with van der Waals surface area (Å²) >= 11 is 7.95. The first-order valence-corrected chi connectivity index (χ1v) is 10.6. The van der Waals surface area contributed by atoms with Crippen LogP contribution in [0.25, 0.3) is 21.3 Å². The van der Waals surface area contributed by atoms with E-state index in [1.807, 2.05) is 6.07 Å². The van der Waals surface area contributed by atoms with Gasteiger partial charge in [0.25, 0.3) is 0 Å². The number of anilines is 1. The minimum absolute atomic E-state index is 0.288. The van der Waals surface area contributed by atoms with Crippen molar-refractivity contribution in [2.75, 3.05) is 11.9 Å². The molecule has 0 N–H and O–H groups in total. The highest BCUT2D eigenvalue weighted by molar-refractivity contribution is 7.19. The summed E-state index contributed by atoms with van der Waals surface area (Å²) in [5, 5.41) is 1.37. The molecule has 0 aliphatic carbocycles. The van der Waals surface area contributed by atoms with Crippen molar-refractivity contribution >= 4 is 39.0 Å². The van der Waals surface area contributed by atoms with Gasteiger partial charge in [-0.05, 0) is 41.6 Å². The molecule has 0 saturated heterocycles. The zero-order chi connectivity index (χ0) is 19.7. The van der Waals surface area contributed by atoms with Gasteiger partial charge in [0.15, 0.2) is 0 Å². The lowest BCUT2D eigenvalue weighted by Gasteiger charge is -2.20. The van der Waals surface area contributed by atoms with Crippen molar-refractivity contribution in [2.24, 2.45) is 0 Å². The molecule has 4 aromatic rings. The largest absolute Gasteiger partial charge is 0.355 e. The number of hydrogen-bond donors (Lipinski definition) is 0. The molecular weight excluding hydrogens is 386 g/mol. The van der Waals surface area contributed by atoms with Crippen LogP contribution in [0.4, 0.5) is 5.82 Å². The van der Waals surface area contributed by atoms with Gasteiger partial charge in [0, 0.05) is 24.0 Å². The summed E-state index contributed by atoms with van der Waals surface area (Å²) in [4.78, 5) is 13.4. The molecule has 0 atom stereocenters. The summed E-state index contributed by atoms with van der Waals surface area (Å²) in [6.07, 6.45) is 1.04. The Bertz CT molecular complexity index is 1100. The van der Waals surface area contributed by atoms with Crippen molar-refractivity contribution in [2.45, 2.75) is 26.8 Å². The maximum Gasteiger partial charge on any atom is 0.225 e. The second-order valence-electron chi connectivity index (χ2n) is 6.92. The van der Waals surface area contributed by atoms with Crippen LogP contribution < -0.4 is 4.90 Å². The van der Waals surface area contributed by atoms with Gasteiger partial charge in [-0.1, -0.05) is 61.5 Å². The van der Waals surface area contributed by atoms with E-state index in [0.29, 0.717) is 0 Å². The predicted octanol–water partition coefficient (Wildman–Crippen LogP) is 6.52. The topological polar surface area (TPSA) is 29.0 Å². The minimum Gasteiger partial charge on any atom is -0.355 e. The van der Waals surface area contributed by atoms with Gasteiger partial charge < -0.3 is 4.90 Å². The van der Waals surface area contributed by atoms with Gasteiger partial charge in [0.1, 0.15) is 10.6 Å². The van der Waals surface area contributed by atoms with Gasteiger partial charge in [-0.25, -0.2) is 4.98 Å². The van der Waals surface area contributed by atoms with Crippen LogP contribution >= 0.6 is 22.9 Å². The first-order chi connectivity index (χ1) is 13.6. The standard InChI is InChI=1S/C23H22ClN3S/c1-4-16-10-12-18(13-11-16)19-15(2)28-22-20(19)21(25-23(24)26-22)27(3)14-17-8-6-5-7-9-17/h5-13H,4,14H2,1-3H3. The summed E-state index contributed by atoms with van der Waals surface area (Å²) in [6.45, 7) is 5.07. The van der Waals surface area contributed by atoms with Gasteiger partial charge in [-0.15, -0.1) is 11.3 Å². The van der Waals surface area contributed by atoms with Crippen molar-refractivity contribution in [1.29, 1.82) is 0 Å². The van der Waals surface area contributed by atoms with Gasteiger partial charge in [0.2, 0.25) is 5.28 Å². The van der Waals surface area contributed by atoms with Gasteiger partial charge in [-0.2, -0.15) is 4.98 Å². The Morgan fingerprint density at radius 1 is 0.964 bits per heavy atom. The average molecular weight is 408 g/mol. The van der Waals surface area contributed by atoms with Gasteiger partial charge in [-0.3, -0.25) is 0 Å². The quantitative estimate of drug-likeness (QED) is 0.352. The summed E-state index contributed by atoms with van der Waals surface area (Å²) < 4.78 is 0. The first-order valence-electron chi connectivity index (χ1n) is 9.37. The molecule has 142 valence electrons. The number of thiophene rings is 1. The molecule has 0 bridgehead atoms. The highest BCUT2D eigenvalue weighted by Crippen LogP contribution is 2.42. The molecule has 2 aromatic heterocycles. The Labute approximate surface area is 174 Å². The van der Waals surface area contributed by atoms with Crippen LogP contribution in [0.5, 0.6) is 0 Å². The van der Waals surface area contributed by atoms with Crippen molar-refractivity contribution in [3.05, 3.63) is 75.9 Å². The lowest BCUT2D eigenvalue weighted by Crippen LogP contribution is -2.18. The summed E-state index contributed by atoms with van der Waals surface area (Å²) in [6, 6.07) is 19.2. The molecule has 0 amide bonds. The molecule has 5 heteroatoms. The van der Waals surface area contributed by atoms with E-state index in [0.717, 1.165) is 29.0 Å². The number of benzene rings is 2. The summed E-state index contributed by atoms with van der Waals surface area (Å²) in [5.74, 6) is 0.873. The second-order valence-corrected chi connectivity index (χ2v) is 8.46. The number of aromatic nitrogens is 2. The molecule has 0 radical (unpaired) electrons. The van der Waals surface area contributed by atoms with E-state index in [1.54, 1.807) is 11.3 Å². The van der Waals surface area contributed by atoms with E-state index in [9.17, 15) is 0 Å². The van der Waals surface area contributed by atoms with E-state index >= 15 is 0 Å². The van der Waals surface area contributed by atoms with E-state index < -0.39 is 0 Å². The maximum atomic E-state index is 6.28. The monoisotopic (exact) mass is 407 g/mol. The number of halogens is 1. The summed E-state index contributed by atoms with van der Waals surface area (Å²) in [7, 11) is 2.06. The fourth-order valence-corrected chi connectivity index (χ4v) is 4.79. The third-order valence-electron chi connectivity index (χ3n) is 4.96. The zero-order valence-electron chi connectivity index (χ0n) is 16.2. The van der Waals surface area contributed by atoms with Gasteiger partial charge in [0.05, 0.1) is 5.39 Å². The lowest BCUT2D eigenvalue weighted by atomic mass is 10.0. The van der Waals surface area contributed by atoms with Gasteiger partial charge >= 0.3 is 0 Å². The SMILES string of the molecule is CCc1ccc(-c2c(C)sc3nc(Cl)nc(N(C)Cc4ccccc4)c23)cc1. The third kappa shape index (κ3) is 3.62. The molecule has 28 heavy (non-hydrogen) atoms. The van der Waals surface area contributed by atoms with E-state index in [2.05, 4.69) is 84.3 Å². The molecule has 4 rings (SSSR count). The van der Waals surface area contributed by atoms with E-state index in [-0.39, 0.29) is 5.28 Å². The Morgan fingerprint density at radius 2 is 1.68 bits per heavy atom. The number of aryl methyl sites for hydroxylation is 2. The summed E-state index contributed by atoms with van der Waals surface area (Å²) in [5.41, 5.74) is 4.96. The van der Waals surface area contributed by atoms with Crippen LogP contribution in [0.2, 0.25) is 5.28 Å². The molecule has 2 aromatic carbocycles. The molecule has 0 saturated carbocycles. The smallest absolute Gasteiger partial charge is 0.225 e. The highest BCUT2D eigenvalue weighted by Gasteiger charge is 2.20. The number of rotatable bonds is 5. The minimum atomic E-state index is 0.288. The molecule has 2 heterocycles. The van der Waals surface area contributed by atoms with Crippen molar-refractivity contribution in [1.82, 2.24) is 9.97 Å².